The Bertz CT molecular complexity index is 1000. The molecule has 0 aliphatic carbocycles. The molecule has 0 bridgehead atoms. The summed E-state index contributed by atoms with van der Waals surface area (Å²) in [5.41, 5.74) is 0.457. The number of para-hydroxylation sites is 1. The van der Waals surface area contributed by atoms with E-state index in [9.17, 15) is 9.59 Å². The minimum atomic E-state index is -0.710. The smallest absolute Gasteiger partial charge is 0.344 e. The summed E-state index contributed by atoms with van der Waals surface area (Å²) in [6.45, 7) is -0.437. The lowest BCUT2D eigenvalue weighted by Gasteiger charge is -2.11. The second kappa shape index (κ2) is 9.36. The standard InChI is InChI=1S/C22H19NO6/c1-26-19-11-10-15(13-20(19)27-2)18(24)14-28-22(25)17-9-6-12-23-21(17)29-16-7-4-3-5-8-16/h3-13H,14H2,1-2H3. The van der Waals surface area contributed by atoms with E-state index in [0.717, 1.165) is 0 Å². The van der Waals surface area contributed by atoms with Gasteiger partial charge < -0.3 is 18.9 Å². The van der Waals surface area contributed by atoms with Crippen molar-refractivity contribution in [2.75, 3.05) is 20.8 Å². The number of ketones is 1. The molecule has 7 heteroatoms. The van der Waals surface area contributed by atoms with E-state index < -0.39 is 12.6 Å². The van der Waals surface area contributed by atoms with Gasteiger partial charge in [0.25, 0.3) is 0 Å². The zero-order valence-electron chi connectivity index (χ0n) is 16.0. The largest absolute Gasteiger partial charge is 0.493 e. The van der Waals surface area contributed by atoms with Crippen molar-refractivity contribution in [2.24, 2.45) is 0 Å². The SMILES string of the molecule is COc1ccc(C(=O)COC(=O)c2cccnc2Oc2ccccc2)cc1OC. The van der Waals surface area contributed by atoms with Crippen LogP contribution in [-0.2, 0) is 4.74 Å². The van der Waals surface area contributed by atoms with Gasteiger partial charge in [-0.3, -0.25) is 4.79 Å². The van der Waals surface area contributed by atoms with E-state index in [-0.39, 0.29) is 17.2 Å². The second-order valence-corrected chi connectivity index (χ2v) is 5.84. The Morgan fingerprint density at radius 3 is 2.38 bits per heavy atom. The van der Waals surface area contributed by atoms with Gasteiger partial charge >= 0.3 is 5.97 Å². The van der Waals surface area contributed by atoms with Crippen LogP contribution < -0.4 is 14.2 Å². The van der Waals surface area contributed by atoms with Gasteiger partial charge in [-0.15, -0.1) is 0 Å². The fourth-order valence-corrected chi connectivity index (χ4v) is 2.53. The van der Waals surface area contributed by atoms with Crippen LogP contribution in [0.3, 0.4) is 0 Å². The number of carbonyl (C=O) groups excluding carboxylic acids is 2. The molecule has 0 aliphatic heterocycles. The summed E-state index contributed by atoms with van der Waals surface area (Å²) >= 11 is 0. The zero-order chi connectivity index (χ0) is 20.6. The summed E-state index contributed by atoms with van der Waals surface area (Å²) in [7, 11) is 2.98. The van der Waals surface area contributed by atoms with Crippen molar-refractivity contribution in [1.82, 2.24) is 4.98 Å². The van der Waals surface area contributed by atoms with E-state index in [1.807, 2.05) is 6.07 Å². The third-order valence-electron chi connectivity index (χ3n) is 3.99. The first-order valence-electron chi connectivity index (χ1n) is 8.72. The van der Waals surface area contributed by atoms with Gasteiger partial charge in [0.2, 0.25) is 5.88 Å². The number of benzene rings is 2. The molecule has 3 aromatic rings. The highest BCUT2D eigenvalue weighted by atomic mass is 16.5. The summed E-state index contributed by atoms with van der Waals surface area (Å²) in [6, 6.07) is 16.8. The van der Waals surface area contributed by atoms with E-state index in [2.05, 4.69) is 4.98 Å². The number of nitrogens with zero attached hydrogens (tertiary/aromatic N) is 1. The Labute approximate surface area is 167 Å². The van der Waals surface area contributed by atoms with Gasteiger partial charge in [0.1, 0.15) is 11.3 Å². The fourth-order valence-electron chi connectivity index (χ4n) is 2.53. The lowest BCUT2D eigenvalue weighted by Crippen LogP contribution is -2.15. The summed E-state index contributed by atoms with van der Waals surface area (Å²) in [5, 5.41) is 0. The molecule has 1 aromatic heterocycles. The van der Waals surface area contributed by atoms with Gasteiger partial charge in [0.15, 0.2) is 23.9 Å². The van der Waals surface area contributed by atoms with Crippen LogP contribution in [0.5, 0.6) is 23.1 Å². The maximum absolute atomic E-state index is 12.5. The molecule has 0 aliphatic rings. The zero-order valence-corrected chi connectivity index (χ0v) is 16.0. The highest BCUT2D eigenvalue weighted by Crippen LogP contribution is 2.28. The topological polar surface area (TPSA) is 84.0 Å². The number of Topliss-reactive ketones (excluding diaryl/α,β-unsaturated/α-hetero) is 1. The van der Waals surface area contributed by atoms with Crippen molar-refractivity contribution in [1.29, 1.82) is 0 Å². The molecule has 0 unspecified atom stereocenters. The number of carbonyl (C=O) groups is 2. The number of methoxy groups -OCH3 is 2. The highest BCUT2D eigenvalue weighted by molar-refractivity contribution is 6.00. The first-order valence-corrected chi connectivity index (χ1v) is 8.72. The van der Waals surface area contributed by atoms with Gasteiger partial charge in [-0.05, 0) is 42.5 Å². The first-order chi connectivity index (χ1) is 14.1. The highest BCUT2D eigenvalue weighted by Gasteiger charge is 2.18. The maximum atomic E-state index is 12.5. The van der Waals surface area contributed by atoms with E-state index in [0.29, 0.717) is 22.8 Å². The van der Waals surface area contributed by atoms with Crippen molar-refractivity contribution in [3.8, 4) is 23.1 Å². The molecular formula is C22H19NO6. The van der Waals surface area contributed by atoms with Crippen LogP contribution in [0, 0.1) is 0 Å². The molecule has 0 saturated heterocycles. The Morgan fingerprint density at radius 1 is 0.897 bits per heavy atom. The van der Waals surface area contributed by atoms with E-state index in [1.54, 1.807) is 42.5 Å². The van der Waals surface area contributed by atoms with Crippen molar-refractivity contribution >= 4 is 11.8 Å². The van der Waals surface area contributed by atoms with Gasteiger partial charge in [-0.2, -0.15) is 0 Å². The fraction of sp³-hybridized carbons (Fsp3) is 0.136. The lowest BCUT2D eigenvalue weighted by molar-refractivity contribution is 0.0471. The van der Waals surface area contributed by atoms with Crippen LogP contribution in [0.25, 0.3) is 0 Å². The van der Waals surface area contributed by atoms with Crippen LogP contribution in [0.4, 0.5) is 0 Å². The van der Waals surface area contributed by atoms with Crippen LogP contribution in [0.15, 0.2) is 66.9 Å². The number of hydrogen-bond donors (Lipinski definition) is 0. The van der Waals surface area contributed by atoms with Gasteiger partial charge in [0.05, 0.1) is 14.2 Å². The molecule has 3 rings (SSSR count). The Hall–Kier alpha value is -3.87. The molecule has 29 heavy (non-hydrogen) atoms. The first kappa shape index (κ1) is 19.9. The number of ether oxygens (including phenoxy) is 4. The molecule has 0 spiro atoms. The van der Waals surface area contributed by atoms with Crippen molar-refractivity contribution in [3.05, 3.63) is 78.0 Å². The maximum Gasteiger partial charge on any atom is 0.344 e. The lowest BCUT2D eigenvalue weighted by atomic mass is 10.1. The van der Waals surface area contributed by atoms with Crippen LogP contribution in [0.2, 0.25) is 0 Å². The average Bonchev–Trinajstić information content (AvgIpc) is 2.77. The molecule has 7 nitrogen and oxygen atoms in total. The normalized spacial score (nSPS) is 10.1. The number of aromatic nitrogens is 1. The summed E-state index contributed by atoms with van der Waals surface area (Å²) in [5.74, 6) is 0.449. The van der Waals surface area contributed by atoms with Crippen LogP contribution >= 0.6 is 0 Å². The van der Waals surface area contributed by atoms with Gasteiger partial charge in [-0.1, -0.05) is 18.2 Å². The number of hydrogen-bond acceptors (Lipinski definition) is 7. The Morgan fingerprint density at radius 2 is 1.66 bits per heavy atom. The Kier molecular flexibility index (Phi) is 6.42. The van der Waals surface area contributed by atoms with Crippen LogP contribution in [0.1, 0.15) is 20.7 Å². The number of rotatable bonds is 8. The average molecular weight is 393 g/mol. The predicted octanol–water partition coefficient (Wildman–Crippen LogP) is 3.93. The Balaban J connectivity index is 1.69. The second-order valence-electron chi connectivity index (χ2n) is 5.84. The summed E-state index contributed by atoms with van der Waals surface area (Å²) in [6.07, 6.45) is 1.50. The molecule has 0 saturated carbocycles. The third kappa shape index (κ3) is 4.90. The number of esters is 1. The molecule has 0 atom stereocenters. The van der Waals surface area contributed by atoms with Crippen molar-refractivity contribution in [3.63, 3.8) is 0 Å². The molecule has 148 valence electrons. The molecule has 0 radical (unpaired) electrons. The molecule has 1 heterocycles. The van der Waals surface area contributed by atoms with Crippen molar-refractivity contribution < 1.29 is 28.5 Å². The van der Waals surface area contributed by atoms with Crippen LogP contribution in [-0.4, -0.2) is 37.6 Å². The van der Waals surface area contributed by atoms with Gasteiger partial charge in [0, 0.05) is 11.8 Å². The van der Waals surface area contributed by atoms with Gasteiger partial charge in [-0.25, -0.2) is 9.78 Å². The van der Waals surface area contributed by atoms with Crippen molar-refractivity contribution in [2.45, 2.75) is 0 Å². The third-order valence-corrected chi connectivity index (χ3v) is 3.99. The monoisotopic (exact) mass is 393 g/mol. The molecule has 0 fully saturated rings. The quantitative estimate of drug-likeness (QED) is 0.423. The summed E-state index contributed by atoms with van der Waals surface area (Å²) in [4.78, 5) is 29.0. The number of pyridine rings is 1. The molecule has 0 amide bonds. The van der Waals surface area contributed by atoms with E-state index in [1.165, 1.54) is 32.5 Å². The summed E-state index contributed by atoms with van der Waals surface area (Å²) < 4.78 is 21.2. The van der Waals surface area contributed by atoms with E-state index >= 15 is 0 Å². The minimum Gasteiger partial charge on any atom is -0.493 e. The van der Waals surface area contributed by atoms with E-state index in [4.69, 9.17) is 18.9 Å². The molecular weight excluding hydrogens is 374 g/mol. The predicted molar refractivity (Wildman–Crippen MR) is 105 cm³/mol. The minimum absolute atomic E-state index is 0.0993. The molecule has 2 aromatic carbocycles. The molecule has 0 N–H and O–H groups in total.